The summed E-state index contributed by atoms with van der Waals surface area (Å²) in [6, 6.07) is 5.35. The number of hydrogen-bond acceptors (Lipinski definition) is 5. The van der Waals surface area contributed by atoms with Crippen molar-refractivity contribution in [3.63, 3.8) is 0 Å². The fraction of sp³-hybridized carbons (Fsp3) is 0.464. The van der Waals surface area contributed by atoms with Crippen LogP contribution in [0.2, 0.25) is 0 Å². The highest BCUT2D eigenvalue weighted by atomic mass is 16.5. The van der Waals surface area contributed by atoms with Gasteiger partial charge in [-0.15, -0.1) is 0 Å². The zero-order valence-electron chi connectivity index (χ0n) is 21.3. The van der Waals surface area contributed by atoms with Crippen LogP contribution < -0.4 is 4.48 Å². The van der Waals surface area contributed by atoms with E-state index in [0.717, 1.165) is 52.6 Å². The first-order valence-corrected chi connectivity index (χ1v) is 12.8. The van der Waals surface area contributed by atoms with E-state index in [1.54, 1.807) is 0 Å². The standard InChI is InChI=1S/C28H32N2O7/c1-15(2)30(24(28(35)36)13-25(31)32)22-8-4-7-18-19-10-16(27(33)34)14-29(3)21(19)12-20(26(18)22)23(30)11-17-6-5-9-37-17/h4,7-8,10,13,15-17,21H,5-6,9,11-12,14H2,1-3H3,(H2-,31,32,33,34,35,36)/p+1/b24-13-/t16-,17?,21-,30?/m1/s1. The molecule has 3 heterocycles. The minimum absolute atomic E-state index is 0.0586. The second kappa shape index (κ2) is 9.24. The Morgan fingerprint density at radius 1 is 1.22 bits per heavy atom. The molecule has 1 aliphatic carbocycles. The second-order valence-electron chi connectivity index (χ2n) is 10.7. The molecule has 37 heavy (non-hydrogen) atoms. The molecule has 0 amide bonds. The molecule has 4 atom stereocenters. The SMILES string of the molecule is CC(C)[N+]1(/C(=C\C(=O)O)C(=O)O)C(CC2CCCO2)=C2C[C@@H]3C(=C[C@@H](C(=O)O)CN3C)c3cccc1c32. The van der Waals surface area contributed by atoms with Crippen molar-refractivity contribution in [1.29, 1.82) is 0 Å². The van der Waals surface area contributed by atoms with Gasteiger partial charge < -0.3 is 20.1 Å². The van der Waals surface area contributed by atoms with Gasteiger partial charge in [0.1, 0.15) is 5.70 Å². The molecule has 1 fully saturated rings. The number of benzene rings is 1. The maximum Gasteiger partial charge on any atom is 0.391 e. The van der Waals surface area contributed by atoms with E-state index in [-0.39, 0.29) is 28.4 Å². The summed E-state index contributed by atoms with van der Waals surface area (Å²) < 4.78 is 5.81. The molecule has 3 N–H and O–H groups in total. The molecule has 4 aliphatic rings. The molecule has 9 nitrogen and oxygen atoms in total. The molecular weight excluding hydrogens is 476 g/mol. The van der Waals surface area contributed by atoms with Crippen molar-refractivity contribution in [1.82, 2.24) is 9.38 Å². The van der Waals surface area contributed by atoms with Crippen molar-refractivity contribution in [2.45, 2.75) is 57.7 Å². The number of fused-ring (bicyclic) bond motifs is 2. The van der Waals surface area contributed by atoms with Crippen LogP contribution in [0.25, 0.3) is 11.1 Å². The molecule has 0 spiro atoms. The molecule has 2 unspecified atom stereocenters. The number of ether oxygens (including phenoxy) is 1. The number of aliphatic carboxylic acids is 3. The van der Waals surface area contributed by atoms with E-state index in [0.29, 0.717) is 26.0 Å². The molecule has 3 aliphatic heterocycles. The lowest BCUT2D eigenvalue weighted by atomic mass is 9.76. The van der Waals surface area contributed by atoms with Gasteiger partial charge in [-0.05, 0) is 51.3 Å². The zero-order valence-corrected chi connectivity index (χ0v) is 21.3. The van der Waals surface area contributed by atoms with Crippen LogP contribution in [0, 0.1) is 5.92 Å². The molecule has 0 radical (unpaired) electrons. The number of likely N-dealkylation sites (N-methyl/N-ethyl adjacent to an activating group) is 1. The zero-order chi connectivity index (χ0) is 26.6. The molecule has 1 saturated heterocycles. The normalized spacial score (nSPS) is 29.2. The van der Waals surface area contributed by atoms with Gasteiger partial charge in [-0.25, -0.2) is 14.1 Å². The number of nitrogens with zero attached hydrogens (tertiary/aromatic N) is 2. The fourth-order valence-electron chi connectivity index (χ4n) is 6.91. The van der Waals surface area contributed by atoms with E-state index >= 15 is 0 Å². The average Bonchev–Trinajstić information content (AvgIpc) is 3.44. The van der Waals surface area contributed by atoms with Crippen molar-refractivity contribution in [2.24, 2.45) is 5.92 Å². The lowest BCUT2D eigenvalue weighted by Gasteiger charge is -2.40. The minimum Gasteiger partial charge on any atom is -0.481 e. The summed E-state index contributed by atoms with van der Waals surface area (Å²) in [5, 5.41) is 29.9. The second-order valence-corrected chi connectivity index (χ2v) is 10.7. The molecule has 9 heteroatoms. The van der Waals surface area contributed by atoms with Crippen molar-refractivity contribution in [3.05, 3.63) is 52.9 Å². The maximum atomic E-state index is 12.8. The topological polar surface area (TPSA) is 124 Å². The first-order valence-electron chi connectivity index (χ1n) is 12.8. The molecule has 0 saturated carbocycles. The Morgan fingerprint density at radius 3 is 2.57 bits per heavy atom. The van der Waals surface area contributed by atoms with Crippen LogP contribution >= 0.6 is 0 Å². The maximum absolute atomic E-state index is 12.8. The van der Waals surface area contributed by atoms with Crippen LogP contribution in [0.1, 0.15) is 50.7 Å². The predicted molar refractivity (Wildman–Crippen MR) is 137 cm³/mol. The Balaban J connectivity index is 1.84. The number of hydrogen-bond donors (Lipinski definition) is 3. The Labute approximate surface area is 215 Å². The minimum atomic E-state index is -1.31. The number of carboxylic acid groups (broad SMARTS) is 3. The molecule has 5 rings (SSSR count). The third kappa shape index (κ3) is 3.84. The molecule has 0 bridgehead atoms. The van der Waals surface area contributed by atoms with Gasteiger partial charge in [0.05, 0.1) is 29.7 Å². The number of quaternary nitrogens is 1. The molecule has 1 aromatic rings. The van der Waals surface area contributed by atoms with E-state index in [1.807, 2.05) is 45.2 Å². The summed E-state index contributed by atoms with van der Waals surface area (Å²) in [5.74, 6) is -4.11. The highest BCUT2D eigenvalue weighted by Gasteiger charge is 2.56. The highest BCUT2D eigenvalue weighted by molar-refractivity contribution is 6.04. The molecule has 196 valence electrons. The lowest BCUT2D eigenvalue weighted by Crippen LogP contribution is -2.54. The van der Waals surface area contributed by atoms with Crippen LogP contribution in [0.5, 0.6) is 0 Å². The van der Waals surface area contributed by atoms with Gasteiger partial charge in [0.2, 0.25) is 5.70 Å². The summed E-state index contributed by atoms with van der Waals surface area (Å²) in [4.78, 5) is 38.6. The van der Waals surface area contributed by atoms with Crippen molar-refractivity contribution >= 4 is 34.7 Å². The summed E-state index contributed by atoms with van der Waals surface area (Å²) in [7, 11) is 1.93. The van der Waals surface area contributed by atoms with Gasteiger partial charge >= 0.3 is 17.9 Å². The predicted octanol–water partition coefficient (Wildman–Crippen LogP) is 3.55. The number of carbonyl (C=O) groups is 3. The van der Waals surface area contributed by atoms with Gasteiger partial charge in [0.25, 0.3) is 0 Å². The Hall–Kier alpha value is -3.27. The van der Waals surface area contributed by atoms with Crippen LogP contribution in [0.4, 0.5) is 5.69 Å². The van der Waals surface area contributed by atoms with E-state index in [4.69, 9.17) is 4.74 Å². The molecule has 0 aromatic heterocycles. The van der Waals surface area contributed by atoms with Gasteiger partial charge in [-0.1, -0.05) is 18.2 Å². The summed E-state index contributed by atoms with van der Waals surface area (Å²) in [5.41, 5.74) is 5.14. The van der Waals surface area contributed by atoms with E-state index < -0.39 is 23.8 Å². The van der Waals surface area contributed by atoms with Gasteiger partial charge in [-0.2, -0.15) is 0 Å². The van der Waals surface area contributed by atoms with Crippen LogP contribution in [0.3, 0.4) is 0 Å². The molecular formula is C28H33N2O7+. The van der Waals surface area contributed by atoms with Crippen LogP contribution in [-0.4, -0.2) is 76.5 Å². The van der Waals surface area contributed by atoms with Crippen molar-refractivity contribution < 1.29 is 34.4 Å². The van der Waals surface area contributed by atoms with E-state index in [9.17, 15) is 29.7 Å². The van der Waals surface area contributed by atoms with Gasteiger partial charge in [-0.3, -0.25) is 9.69 Å². The van der Waals surface area contributed by atoms with Crippen molar-refractivity contribution in [2.75, 3.05) is 20.2 Å². The third-order valence-corrected chi connectivity index (χ3v) is 8.36. The summed E-state index contributed by atoms with van der Waals surface area (Å²) in [6.45, 7) is 4.88. The number of rotatable bonds is 7. The van der Waals surface area contributed by atoms with Crippen molar-refractivity contribution in [3.8, 4) is 0 Å². The van der Waals surface area contributed by atoms with Crippen LogP contribution in [0.15, 0.2) is 41.7 Å². The third-order valence-electron chi connectivity index (χ3n) is 8.36. The highest BCUT2D eigenvalue weighted by Crippen LogP contribution is 2.58. The lowest BCUT2D eigenvalue weighted by molar-refractivity contribution is -0.141. The fourth-order valence-corrected chi connectivity index (χ4v) is 6.91. The average molecular weight is 510 g/mol. The smallest absolute Gasteiger partial charge is 0.391 e. The van der Waals surface area contributed by atoms with Gasteiger partial charge in [0.15, 0.2) is 5.69 Å². The quantitative estimate of drug-likeness (QED) is 0.377. The number of carboxylic acids is 3. The largest absolute Gasteiger partial charge is 0.481 e. The monoisotopic (exact) mass is 509 g/mol. The first kappa shape index (κ1) is 25.4. The van der Waals surface area contributed by atoms with Crippen LogP contribution in [-0.2, 0) is 19.1 Å². The Morgan fingerprint density at radius 2 is 1.97 bits per heavy atom. The summed E-state index contributed by atoms with van der Waals surface area (Å²) >= 11 is 0. The molecule has 1 aromatic carbocycles. The van der Waals surface area contributed by atoms with E-state index in [1.165, 1.54) is 0 Å². The first-order chi connectivity index (χ1) is 17.6. The van der Waals surface area contributed by atoms with E-state index in [2.05, 4.69) is 4.90 Å². The van der Waals surface area contributed by atoms with Gasteiger partial charge in [0, 0.05) is 37.3 Å². The summed E-state index contributed by atoms with van der Waals surface area (Å²) in [6.07, 6.45) is 5.47. The Bertz CT molecular complexity index is 1270. The Kier molecular flexibility index (Phi) is 6.34.